The van der Waals surface area contributed by atoms with E-state index < -0.39 is 0 Å². The first-order valence-corrected chi connectivity index (χ1v) is 8.31. The lowest BCUT2D eigenvalue weighted by atomic mass is 9.93. The zero-order valence-electron chi connectivity index (χ0n) is 11.6. The van der Waals surface area contributed by atoms with Crippen LogP contribution in [0.5, 0.6) is 0 Å². The van der Waals surface area contributed by atoms with Crippen molar-refractivity contribution in [2.45, 2.75) is 38.1 Å². The van der Waals surface area contributed by atoms with E-state index in [0.29, 0.717) is 6.04 Å². The Hall–Kier alpha value is -1.36. The second kappa shape index (κ2) is 6.39. The summed E-state index contributed by atoms with van der Waals surface area (Å²) in [7, 11) is 0. The van der Waals surface area contributed by atoms with Gasteiger partial charge in [-0.2, -0.15) is 0 Å². The molecule has 0 saturated carbocycles. The molecule has 1 fully saturated rings. The van der Waals surface area contributed by atoms with Crippen LogP contribution >= 0.6 is 11.3 Å². The van der Waals surface area contributed by atoms with E-state index in [1.165, 1.54) is 6.42 Å². The van der Waals surface area contributed by atoms with Crippen molar-refractivity contribution in [3.8, 4) is 0 Å². The first-order valence-electron chi connectivity index (χ1n) is 7.43. The third kappa shape index (κ3) is 3.03. The van der Waals surface area contributed by atoms with Crippen LogP contribution in [0.3, 0.4) is 0 Å². The molecule has 20 heavy (non-hydrogen) atoms. The van der Waals surface area contributed by atoms with Crippen molar-refractivity contribution in [2.75, 3.05) is 18.0 Å². The standard InChI is InChI=1S/C15H21N3OS/c19-14(12-5-2-1-3-6-12)17-11-13-7-4-9-18(13)15-16-8-10-20-15/h1-2,8,10,12-13H,3-7,9,11H2,(H,17,19)/t12-,13+/m1/s1. The Bertz CT molecular complexity index is 471. The van der Waals surface area contributed by atoms with Gasteiger partial charge in [-0.15, -0.1) is 11.3 Å². The molecule has 4 nitrogen and oxygen atoms in total. The predicted octanol–water partition coefficient (Wildman–Crippen LogP) is 2.58. The van der Waals surface area contributed by atoms with Gasteiger partial charge in [-0.25, -0.2) is 4.98 Å². The Kier molecular flexibility index (Phi) is 4.35. The maximum atomic E-state index is 12.2. The van der Waals surface area contributed by atoms with E-state index in [1.54, 1.807) is 11.3 Å². The van der Waals surface area contributed by atoms with E-state index >= 15 is 0 Å². The number of nitrogens with one attached hydrogen (secondary N) is 1. The zero-order valence-corrected chi connectivity index (χ0v) is 12.4. The summed E-state index contributed by atoms with van der Waals surface area (Å²) in [6.07, 6.45) is 11.4. The Morgan fingerprint density at radius 1 is 1.45 bits per heavy atom. The molecule has 0 unspecified atom stereocenters. The van der Waals surface area contributed by atoms with Crippen molar-refractivity contribution in [1.82, 2.24) is 10.3 Å². The molecule has 2 aliphatic rings. The molecule has 2 atom stereocenters. The van der Waals surface area contributed by atoms with Crippen molar-refractivity contribution < 1.29 is 4.79 Å². The molecular weight excluding hydrogens is 270 g/mol. The molecule has 1 aromatic heterocycles. The molecule has 2 heterocycles. The number of allylic oxidation sites excluding steroid dienone is 2. The van der Waals surface area contributed by atoms with Crippen LogP contribution in [0.15, 0.2) is 23.7 Å². The fourth-order valence-corrected chi connectivity index (χ4v) is 3.79. The second-order valence-electron chi connectivity index (χ2n) is 5.53. The van der Waals surface area contributed by atoms with Gasteiger partial charge in [0.1, 0.15) is 0 Å². The molecule has 0 bridgehead atoms. The van der Waals surface area contributed by atoms with Gasteiger partial charge in [0, 0.05) is 36.6 Å². The normalized spacial score (nSPS) is 25.9. The van der Waals surface area contributed by atoms with Crippen LogP contribution in [0.25, 0.3) is 0 Å². The van der Waals surface area contributed by atoms with Gasteiger partial charge in [0.05, 0.1) is 0 Å². The second-order valence-corrected chi connectivity index (χ2v) is 6.40. The summed E-state index contributed by atoms with van der Waals surface area (Å²) in [5.41, 5.74) is 0. The fraction of sp³-hybridized carbons (Fsp3) is 0.600. The average Bonchev–Trinajstić information content (AvgIpc) is 3.16. The van der Waals surface area contributed by atoms with Gasteiger partial charge in [-0.3, -0.25) is 4.79 Å². The lowest BCUT2D eigenvalue weighted by Gasteiger charge is -2.25. The van der Waals surface area contributed by atoms with Crippen molar-refractivity contribution in [1.29, 1.82) is 0 Å². The van der Waals surface area contributed by atoms with Crippen LogP contribution < -0.4 is 10.2 Å². The van der Waals surface area contributed by atoms with Gasteiger partial charge >= 0.3 is 0 Å². The van der Waals surface area contributed by atoms with Gasteiger partial charge in [0.25, 0.3) is 0 Å². The molecule has 1 saturated heterocycles. The number of anilines is 1. The molecule has 1 amide bonds. The zero-order chi connectivity index (χ0) is 13.8. The quantitative estimate of drug-likeness (QED) is 0.867. The number of rotatable bonds is 4. The third-order valence-corrected chi connectivity index (χ3v) is 5.00. The molecule has 108 valence electrons. The van der Waals surface area contributed by atoms with Crippen molar-refractivity contribution in [3.63, 3.8) is 0 Å². The lowest BCUT2D eigenvalue weighted by molar-refractivity contribution is -0.125. The minimum atomic E-state index is 0.176. The summed E-state index contributed by atoms with van der Waals surface area (Å²) in [6, 6.07) is 0.407. The molecular formula is C15H21N3OS. The van der Waals surface area contributed by atoms with Crippen molar-refractivity contribution >= 4 is 22.4 Å². The SMILES string of the molecule is O=C(NC[C@@H]1CCCN1c1nccs1)[C@@H]1CC=CCC1. The Morgan fingerprint density at radius 3 is 3.15 bits per heavy atom. The minimum absolute atomic E-state index is 0.176. The van der Waals surface area contributed by atoms with Crippen LogP contribution in [-0.2, 0) is 4.79 Å². The number of hydrogen-bond acceptors (Lipinski definition) is 4. The highest BCUT2D eigenvalue weighted by Gasteiger charge is 2.27. The molecule has 0 radical (unpaired) electrons. The molecule has 1 aliphatic carbocycles. The number of thiazole rings is 1. The van der Waals surface area contributed by atoms with Crippen LogP contribution in [0.4, 0.5) is 5.13 Å². The number of aromatic nitrogens is 1. The van der Waals surface area contributed by atoms with Gasteiger partial charge in [-0.05, 0) is 32.1 Å². The maximum absolute atomic E-state index is 12.2. The van der Waals surface area contributed by atoms with Crippen LogP contribution in [0.1, 0.15) is 32.1 Å². The smallest absolute Gasteiger partial charge is 0.223 e. The summed E-state index contributed by atoms with van der Waals surface area (Å²) in [5, 5.41) is 6.25. The molecule has 5 heteroatoms. The predicted molar refractivity (Wildman–Crippen MR) is 82.0 cm³/mol. The number of amides is 1. The van der Waals surface area contributed by atoms with E-state index in [0.717, 1.165) is 43.9 Å². The van der Waals surface area contributed by atoms with E-state index in [9.17, 15) is 4.79 Å². The average molecular weight is 291 g/mol. The Morgan fingerprint density at radius 2 is 2.40 bits per heavy atom. The van der Waals surface area contributed by atoms with Gasteiger partial charge < -0.3 is 10.2 Å². The van der Waals surface area contributed by atoms with Crippen molar-refractivity contribution in [2.24, 2.45) is 5.92 Å². The Balaban J connectivity index is 1.52. The third-order valence-electron chi connectivity index (χ3n) is 4.19. The highest BCUT2D eigenvalue weighted by Crippen LogP contribution is 2.27. The van der Waals surface area contributed by atoms with Gasteiger partial charge in [0.15, 0.2) is 5.13 Å². The Labute approximate surface area is 123 Å². The summed E-state index contributed by atoms with van der Waals surface area (Å²) in [4.78, 5) is 18.9. The molecule has 1 aliphatic heterocycles. The van der Waals surface area contributed by atoms with Gasteiger partial charge in [-0.1, -0.05) is 12.2 Å². The minimum Gasteiger partial charge on any atom is -0.354 e. The monoisotopic (exact) mass is 291 g/mol. The molecule has 3 rings (SSSR count). The lowest BCUT2D eigenvalue weighted by Crippen LogP contribution is -2.42. The summed E-state index contributed by atoms with van der Waals surface area (Å²) >= 11 is 1.68. The molecule has 0 spiro atoms. The maximum Gasteiger partial charge on any atom is 0.223 e. The highest BCUT2D eigenvalue weighted by atomic mass is 32.1. The number of carbonyl (C=O) groups is 1. The number of carbonyl (C=O) groups excluding carboxylic acids is 1. The first kappa shape index (κ1) is 13.6. The summed E-state index contributed by atoms with van der Waals surface area (Å²) in [6.45, 7) is 1.80. The van der Waals surface area contributed by atoms with Crippen LogP contribution in [-0.4, -0.2) is 30.0 Å². The van der Waals surface area contributed by atoms with Crippen LogP contribution in [0, 0.1) is 5.92 Å². The molecule has 0 aromatic carbocycles. The van der Waals surface area contributed by atoms with Crippen molar-refractivity contribution in [3.05, 3.63) is 23.7 Å². The summed E-state index contributed by atoms with van der Waals surface area (Å²) in [5.74, 6) is 0.398. The summed E-state index contributed by atoms with van der Waals surface area (Å²) < 4.78 is 0. The largest absolute Gasteiger partial charge is 0.354 e. The van der Waals surface area contributed by atoms with E-state index in [-0.39, 0.29) is 11.8 Å². The van der Waals surface area contributed by atoms with Gasteiger partial charge in [0.2, 0.25) is 5.91 Å². The van der Waals surface area contributed by atoms with E-state index in [1.807, 2.05) is 11.6 Å². The topological polar surface area (TPSA) is 45.2 Å². The molecule has 1 N–H and O–H groups in total. The first-order chi connectivity index (χ1) is 9.84. The van der Waals surface area contributed by atoms with E-state index in [2.05, 4.69) is 27.4 Å². The highest BCUT2D eigenvalue weighted by molar-refractivity contribution is 7.13. The van der Waals surface area contributed by atoms with Crippen LogP contribution in [0.2, 0.25) is 0 Å². The van der Waals surface area contributed by atoms with E-state index in [4.69, 9.17) is 0 Å². The number of nitrogens with zero attached hydrogens (tertiary/aromatic N) is 2. The molecule has 1 aromatic rings. The number of hydrogen-bond donors (Lipinski definition) is 1. The fourth-order valence-electron chi connectivity index (χ4n) is 3.05.